The molecule has 0 aliphatic rings. The summed E-state index contributed by atoms with van der Waals surface area (Å²) >= 11 is 0. The van der Waals surface area contributed by atoms with E-state index in [1.807, 2.05) is 25.1 Å². The molecule has 0 fully saturated rings. The van der Waals surface area contributed by atoms with Gasteiger partial charge in [0.05, 0.1) is 6.10 Å². The van der Waals surface area contributed by atoms with Gasteiger partial charge in [0, 0.05) is 0 Å². The number of benzene rings is 1. The lowest BCUT2D eigenvalue weighted by atomic mass is 10.1. The Balaban J connectivity index is 2.82. The van der Waals surface area contributed by atoms with Crippen LogP contribution in [0.15, 0.2) is 24.3 Å². The maximum absolute atomic E-state index is 5.53. The second kappa shape index (κ2) is 4.15. The highest BCUT2D eigenvalue weighted by Crippen LogP contribution is 2.19. The monoisotopic (exact) mass is 163 g/mol. The van der Waals surface area contributed by atoms with Crippen LogP contribution < -0.4 is 4.74 Å². The molecule has 0 spiro atoms. The minimum absolute atomic E-state index is 0.0118. The largest absolute Gasteiger partial charge is 0.490 e. The van der Waals surface area contributed by atoms with Gasteiger partial charge in [-0.2, -0.15) is 0 Å². The molecule has 65 valence electrons. The predicted octanol–water partition coefficient (Wildman–Crippen LogP) is 2.85. The van der Waals surface area contributed by atoms with Crippen LogP contribution in [0.1, 0.15) is 19.4 Å². The molecule has 1 unspecified atom stereocenters. The van der Waals surface area contributed by atoms with Gasteiger partial charge >= 0.3 is 0 Å². The number of hydrogen-bond donors (Lipinski definition) is 0. The minimum atomic E-state index is 0.0118. The first-order valence-corrected chi connectivity index (χ1v) is 4.31. The van der Waals surface area contributed by atoms with Crippen LogP contribution in [-0.2, 0) is 6.42 Å². The molecule has 0 aliphatic heterocycles. The highest BCUT2D eigenvalue weighted by molar-refractivity contribution is 5.33. The Labute approximate surface area is 74.4 Å². The molecule has 0 aromatic heterocycles. The van der Waals surface area contributed by atoms with E-state index in [1.54, 1.807) is 0 Å². The van der Waals surface area contributed by atoms with Gasteiger partial charge < -0.3 is 4.74 Å². The van der Waals surface area contributed by atoms with Crippen LogP contribution in [0.5, 0.6) is 5.75 Å². The zero-order chi connectivity index (χ0) is 8.97. The summed E-state index contributed by atoms with van der Waals surface area (Å²) in [7, 11) is 0. The molecule has 0 amide bonds. The van der Waals surface area contributed by atoms with Crippen LogP contribution in [0.4, 0.5) is 0 Å². The van der Waals surface area contributed by atoms with Gasteiger partial charge in [-0.3, -0.25) is 0 Å². The third-order valence-electron chi connectivity index (χ3n) is 1.68. The van der Waals surface area contributed by atoms with Crippen molar-refractivity contribution in [1.29, 1.82) is 0 Å². The van der Waals surface area contributed by atoms with Crippen LogP contribution in [0.3, 0.4) is 0 Å². The second-order valence-electron chi connectivity index (χ2n) is 2.89. The first-order chi connectivity index (χ1) is 5.74. The maximum Gasteiger partial charge on any atom is 0.122 e. The molecule has 0 saturated heterocycles. The van der Waals surface area contributed by atoms with Gasteiger partial charge in [-0.05, 0) is 31.9 Å². The van der Waals surface area contributed by atoms with Crippen molar-refractivity contribution in [2.24, 2.45) is 0 Å². The molecule has 1 heteroatoms. The predicted molar refractivity (Wildman–Crippen MR) is 51.3 cm³/mol. The first-order valence-electron chi connectivity index (χ1n) is 4.31. The van der Waals surface area contributed by atoms with E-state index < -0.39 is 0 Å². The maximum atomic E-state index is 5.53. The minimum Gasteiger partial charge on any atom is -0.490 e. The van der Waals surface area contributed by atoms with Crippen molar-refractivity contribution >= 4 is 0 Å². The van der Waals surface area contributed by atoms with E-state index >= 15 is 0 Å². The van der Waals surface area contributed by atoms with Crippen molar-refractivity contribution in [3.8, 4) is 5.75 Å². The van der Waals surface area contributed by atoms with Crippen molar-refractivity contribution in [2.75, 3.05) is 0 Å². The molecule has 0 heterocycles. The van der Waals surface area contributed by atoms with Gasteiger partial charge in [0.15, 0.2) is 0 Å². The van der Waals surface area contributed by atoms with Crippen LogP contribution in [-0.4, -0.2) is 6.10 Å². The number of rotatable bonds is 3. The summed E-state index contributed by atoms with van der Waals surface area (Å²) in [6.07, 6.45) is 1.01. The first kappa shape index (κ1) is 9.11. The Morgan fingerprint density at radius 1 is 1.42 bits per heavy atom. The molecular formula is C11H15O. The zero-order valence-corrected chi connectivity index (χ0v) is 7.71. The molecule has 0 saturated carbocycles. The average Bonchev–Trinajstić information content (AvgIpc) is 2.04. The molecule has 1 aromatic rings. The fraction of sp³-hybridized carbons (Fsp3) is 0.364. The number of hydrogen-bond acceptors (Lipinski definition) is 1. The van der Waals surface area contributed by atoms with Crippen LogP contribution >= 0.6 is 0 Å². The summed E-state index contributed by atoms with van der Waals surface area (Å²) < 4.78 is 5.53. The SMILES string of the molecule is [CH2]C(C)Oc1ccccc1CC. The third-order valence-corrected chi connectivity index (χ3v) is 1.68. The normalized spacial score (nSPS) is 10.3. The van der Waals surface area contributed by atoms with Crippen LogP contribution in [0.25, 0.3) is 0 Å². The summed E-state index contributed by atoms with van der Waals surface area (Å²) in [6, 6.07) is 8.08. The van der Waals surface area contributed by atoms with Crippen molar-refractivity contribution in [3.05, 3.63) is 36.8 Å². The van der Waals surface area contributed by atoms with E-state index in [9.17, 15) is 0 Å². The summed E-state index contributed by atoms with van der Waals surface area (Å²) in [5.74, 6) is 0.961. The number of ether oxygens (including phenoxy) is 1. The lowest BCUT2D eigenvalue weighted by Gasteiger charge is -2.12. The second-order valence-corrected chi connectivity index (χ2v) is 2.89. The van der Waals surface area contributed by atoms with Gasteiger partial charge in [-0.1, -0.05) is 25.1 Å². The smallest absolute Gasteiger partial charge is 0.122 e. The lowest BCUT2D eigenvalue weighted by Crippen LogP contribution is -2.07. The zero-order valence-electron chi connectivity index (χ0n) is 7.71. The Hall–Kier alpha value is -0.980. The molecule has 0 aliphatic carbocycles. The highest BCUT2D eigenvalue weighted by atomic mass is 16.5. The average molecular weight is 163 g/mol. The van der Waals surface area contributed by atoms with Crippen molar-refractivity contribution in [3.63, 3.8) is 0 Å². The lowest BCUT2D eigenvalue weighted by molar-refractivity contribution is 0.265. The summed E-state index contributed by atoms with van der Waals surface area (Å²) in [5.41, 5.74) is 1.24. The van der Waals surface area contributed by atoms with Gasteiger partial charge in [0.25, 0.3) is 0 Å². The van der Waals surface area contributed by atoms with Crippen molar-refractivity contribution in [2.45, 2.75) is 26.4 Å². The summed E-state index contributed by atoms with van der Waals surface area (Å²) in [4.78, 5) is 0. The third kappa shape index (κ3) is 2.26. The Kier molecular flexibility index (Phi) is 3.15. The molecule has 12 heavy (non-hydrogen) atoms. The fourth-order valence-electron chi connectivity index (χ4n) is 1.13. The van der Waals surface area contributed by atoms with Crippen molar-refractivity contribution in [1.82, 2.24) is 0 Å². The van der Waals surface area contributed by atoms with E-state index in [-0.39, 0.29) is 6.10 Å². The fourth-order valence-corrected chi connectivity index (χ4v) is 1.13. The van der Waals surface area contributed by atoms with Crippen molar-refractivity contribution < 1.29 is 4.74 Å². The Morgan fingerprint density at radius 2 is 2.08 bits per heavy atom. The van der Waals surface area contributed by atoms with Gasteiger partial charge in [-0.15, -0.1) is 0 Å². The standard InChI is InChI=1S/C11H15O/c1-4-10-7-5-6-8-11(10)12-9(2)3/h5-9H,2,4H2,1,3H3. The molecule has 1 nitrogen and oxygen atoms in total. The van der Waals surface area contributed by atoms with Crippen LogP contribution in [0, 0.1) is 6.92 Å². The topological polar surface area (TPSA) is 9.23 Å². The van der Waals surface area contributed by atoms with E-state index in [1.165, 1.54) is 5.56 Å². The molecule has 1 rings (SSSR count). The van der Waals surface area contributed by atoms with Crippen LogP contribution in [0.2, 0.25) is 0 Å². The molecule has 1 aromatic carbocycles. The van der Waals surface area contributed by atoms with E-state index in [0.717, 1.165) is 12.2 Å². The van der Waals surface area contributed by atoms with Gasteiger partial charge in [0.2, 0.25) is 0 Å². The molecule has 0 N–H and O–H groups in total. The summed E-state index contributed by atoms with van der Waals surface area (Å²) in [6.45, 7) is 7.84. The van der Waals surface area contributed by atoms with E-state index in [4.69, 9.17) is 4.74 Å². The quantitative estimate of drug-likeness (QED) is 0.665. The Bertz CT molecular complexity index is 241. The number of para-hydroxylation sites is 1. The molecule has 1 radical (unpaired) electrons. The van der Waals surface area contributed by atoms with Gasteiger partial charge in [-0.25, -0.2) is 0 Å². The molecule has 0 bridgehead atoms. The molecule has 1 atom stereocenters. The number of aryl methyl sites for hydroxylation is 1. The van der Waals surface area contributed by atoms with Gasteiger partial charge in [0.1, 0.15) is 5.75 Å². The van der Waals surface area contributed by atoms with E-state index in [0.29, 0.717) is 0 Å². The highest BCUT2D eigenvalue weighted by Gasteiger charge is 2.01. The van der Waals surface area contributed by atoms with E-state index in [2.05, 4.69) is 19.9 Å². The summed E-state index contributed by atoms with van der Waals surface area (Å²) in [5, 5.41) is 0. The Morgan fingerprint density at radius 3 is 2.67 bits per heavy atom. The molecular weight excluding hydrogens is 148 g/mol.